The van der Waals surface area contributed by atoms with Gasteiger partial charge in [0.1, 0.15) is 5.70 Å². The highest BCUT2D eigenvalue weighted by Gasteiger charge is 2.28. The number of benzene rings is 1. The predicted octanol–water partition coefficient (Wildman–Crippen LogP) is 2.42. The summed E-state index contributed by atoms with van der Waals surface area (Å²) in [5, 5.41) is 0. The van der Waals surface area contributed by atoms with Gasteiger partial charge < -0.3 is 18.9 Å². The fourth-order valence-electron chi connectivity index (χ4n) is 2.81. The first-order valence-electron chi connectivity index (χ1n) is 8.24. The molecular weight excluding hydrogens is 346 g/mol. The Hall–Kier alpha value is -3.61. The van der Waals surface area contributed by atoms with Crippen LogP contribution in [-0.2, 0) is 25.6 Å². The summed E-state index contributed by atoms with van der Waals surface area (Å²) in [4.78, 5) is 30.5. The standard InChI is InChI=1S/C20H19N3O4/c1-26-19(24)16-8-5-6-11-23(18(16)20(25)27-2)17-9-4-3-7-15(17)13-22-12-10-21-14-22/h3-12,14H,13H2,1-2H3. The second kappa shape index (κ2) is 8.18. The Kier molecular flexibility index (Phi) is 5.51. The molecule has 1 aliphatic heterocycles. The van der Waals surface area contributed by atoms with Crippen LogP contribution in [0.4, 0.5) is 5.69 Å². The minimum atomic E-state index is -0.635. The fourth-order valence-corrected chi connectivity index (χ4v) is 2.81. The van der Waals surface area contributed by atoms with E-state index in [4.69, 9.17) is 9.47 Å². The number of allylic oxidation sites excluding steroid dienone is 2. The minimum absolute atomic E-state index is 0.0902. The van der Waals surface area contributed by atoms with E-state index in [1.54, 1.807) is 35.8 Å². The SMILES string of the molecule is COC(=O)C1=C(C(=O)OC)N(c2ccccc2Cn2ccnc2)C=CC=C1. The number of ether oxygens (including phenoxy) is 2. The topological polar surface area (TPSA) is 73.7 Å². The van der Waals surface area contributed by atoms with Crippen LogP contribution in [0.3, 0.4) is 0 Å². The predicted molar refractivity (Wildman–Crippen MR) is 99.6 cm³/mol. The number of nitrogens with zero attached hydrogens (tertiary/aromatic N) is 3. The summed E-state index contributed by atoms with van der Waals surface area (Å²) in [6, 6.07) is 7.61. The van der Waals surface area contributed by atoms with Crippen molar-refractivity contribution in [1.82, 2.24) is 9.55 Å². The molecule has 0 fully saturated rings. The van der Waals surface area contributed by atoms with E-state index >= 15 is 0 Å². The molecule has 1 aliphatic rings. The highest BCUT2D eigenvalue weighted by Crippen LogP contribution is 2.29. The van der Waals surface area contributed by atoms with E-state index in [9.17, 15) is 9.59 Å². The number of carbonyl (C=O) groups excluding carboxylic acids is 2. The van der Waals surface area contributed by atoms with Crippen LogP contribution in [0.5, 0.6) is 0 Å². The molecule has 27 heavy (non-hydrogen) atoms. The van der Waals surface area contributed by atoms with Gasteiger partial charge in [0.2, 0.25) is 0 Å². The lowest BCUT2D eigenvalue weighted by Gasteiger charge is -2.25. The zero-order valence-corrected chi connectivity index (χ0v) is 15.0. The lowest BCUT2D eigenvalue weighted by atomic mass is 10.1. The van der Waals surface area contributed by atoms with Crippen molar-refractivity contribution in [1.29, 1.82) is 0 Å². The summed E-state index contributed by atoms with van der Waals surface area (Å²) in [6.45, 7) is 0.552. The summed E-state index contributed by atoms with van der Waals surface area (Å²) in [5.74, 6) is -1.25. The van der Waals surface area contributed by atoms with Gasteiger partial charge >= 0.3 is 11.9 Å². The van der Waals surface area contributed by atoms with Gasteiger partial charge in [0.15, 0.2) is 0 Å². The molecule has 0 spiro atoms. The van der Waals surface area contributed by atoms with Crippen LogP contribution in [0.25, 0.3) is 0 Å². The summed E-state index contributed by atoms with van der Waals surface area (Å²) in [5.41, 5.74) is 1.89. The second-order valence-corrected chi connectivity index (χ2v) is 5.68. The number of esters is 2. The number of imidazole rings is 1. The molecule has 7 heteroatoms. The number of anilines is 1. The average molecular weight is 365 g/mol. The number of methoxy groups -OCH3 is 2. The Morgan fingerprint density at radius 2 is 1.85 bits per heavy atom. The molecule has 0 radical (unpaired) electrons. The summed E-state index contributed by atoms with van der Waals surface area (Å²) in [6.07, 6.45) is 11.9. The van der Waals surface area contributed by atoms with E-state index in [2.05, 4.69) is 4.98 Å². The molecule has 0 aliphatic carbocycles. The fraction of sp³-hybridized carbons (Fsp3) is 0.150. The molecule has 7 nitrogen and oxygen atoms in total. The normalized spacial score (nSPS) is 13.5. The molecule has 1 aromatic carbocycles. The molecule has 2 aromatic rings. The van der Waals surface area contributed by atoms with Gasteiger partial charge in [0.05, 0.1) is 38.4 Å². The van der Waals surface area contributed by atoms with Gasteiger partial charge in [-0.05, 0) is 23.8 Å². The van der Waals surface area contributed by atoms with Crippen LogP contribution in [0.2, 0.25) is 0 Å². The van der Waals surface area contributed by atoms with Gasteiger partial charge in [-0.2, -0.15) is 0 Å². The van der Waals surface area contributed by atoms with Crippen LogP contribution < -0.4 is 4.90 Å². The molecule has 0 atom stereocenters. The van der Waals surface area contributed by atoms with E-state index in [-0.39, 0.29) is 11.3 Å². The molecule has 138 valence electrons. The summed E-state index contributed by atoms with van der Waals surface area (Å²) < 4.78 is 11.7. The van der Waals surface area contributed by atoms with E-state index in [1.807, 2.05) is 35.0 Å². The van der Waals surface area contributed by atoms with Gasteiger partial charge in [-0.25, -0.2) is 14.6 Å². The highest BCUT2D eigenvalue weighted by atomic mass is 16.5. The molecule has 0 amide bonds. The molecule has 0 N–H and O–H groups in total. The largest absolute Gasteiger partial charge is 0.465 e. The van der Waals surface area contributed by atoms with Crippen LogP contribution in [-0.4, -0.2) is 35.7 Å². The minimum Gasteiger partial charge on any atom is -0.465 e. The van der Waals surface area contributed by atoms with E-state index in [1.165, 1.54) is 20.3 Å². The Morgan fingerprint density at radius 3 is 2.56 bits per heavy atom. The summed E-state index contributed by atoms with van der Waals surface area (Å²) >= 11 is 0. The van der Waals surface area contributed by atoms with Gasteiger partial charge in [-0.15, -0.1) is 0 Å². The average Bonchev–Trinajstić information content (AvgIpc) is 3.11. The number of hydrogen-bond donors (Lipinski definition) is 0. The molecule has 3 rings (SSSR count). The van der Waals surface area contributed by atoms with Crippen molar-refractivity contribution in [3.63, 3.8) is 0 Å². The molecule has 0 bridgehead atoms. The Balaban J connectivity index is 2.14. The molecule has 0 unspecified atom stereocenters. The number of aromatic nitrogens is 2. The lowest BCUT2D eigenvalue weighted by molar-refractivity contribution is -0.139. The van der Waals surface area contributed by atoms with E-state index in [0.717, 1.165) is 11.3 Å². The van der Waals surface area contributed by atoms with E-state index < -0.39 is 11.9 Å². The van der Waals surface area contributed by atoms with Crippen molar-refractivity contribution in [3.8, 4) is 0 Å². The third kappa shape index (κ3) is 3.82. The van der Waals surface area contributed by atoms with Crippen molar-refractivity contribution in [3.05, 3.63) is 84.2 Å². The van der Waals surface area contributed by atoms with Crippen molar-refractivity contribution >= 4 is 17.6 Å². The Labute approximate surface area is 156 Å². The second-order valence-electron chi connectivity index (χ2n) is 5.68. The van der Waals surface area contributed by atoms with Crippen LogP contribution >= 0.6 is 0 Å². The van der Waals surface area contributed by atoms with Crippen LogP contribution in [0, 0.1) is 0 Å². The third-order valence-corrected chi connectivity index (χ3v) is 4.05. The molecule has 0 saturated heterocycles. The highest BCUT2D eigenvalue weighted by molar-refractivity contribution is 6.05. The van der Waals surface area contributed by atoms with Gasteiger partial charge in [0.25, 0.3) is 0 Å². The van der Waals surface area contributed by atoms with Crippen LogP contribution in [0.15, 0.2) is 78.7 Å². The Bertz CT molecular complexity index is 926. The lowest BCUT2D eigenvalue weighted by Crippen LogP contribution is -2.27. The first-order valence-corrected chi connectivity index (χ1v) is 8.24. The zero-order chi connectivity index (χ0) is 19.2. The Morgan fingerprint density at radius 1 is 1.07 bits per heavy atom. The van der Waals surface area contributed by atoms with Gasteiger partial charge in [-0.3, -0.25) is 0 Å². The maximum absolute atomic E-state index is 12.5. The molecule has 0 saturated carbocycles. The number of rotatable bonds is 5. The maximum Gasteiger partial charge on any atom is 0.355 e. The van der Waals surface area contributed by atoms with Crippen molar-refractivity contribution in [2.45, 2.75) is 6.54 Å². The van der Waals surface area contributed by atoms with Crippen molar-refractivity contribution in [2.24, 2.45) is 0 Å². The third-order valence-electron chi connectivity index (χ3n) is 4.05. The quantitative estimate of drug-likeness (QED) is 0.758. The number of hydrogen-bond acceptors (Lipinski definition) is 6. The zero-order valence-electron chi connectivity index (χ0n) is 15.0. The summed E-state index contributed by atoms with van der Waals surface area (Å²) in [7, 11) is 2.55. The number of para-hydroxylation sites is 1. The van der Waals surface area contributed by atoms with Crippen molar-refractivity contribution in [2.75, 3.05) is 19.1 Å². The van der Waals surface area contributed by atoms with E-state index in [0.29, 0.717) is 6.54 Å². The van der Waals surface area contributed by atoms with Gasteiger partial charge in [-0.1, -0.05) is 24.3 Å². The first kappa shape index (κ1) is 18.2. The number of carbonyl (C=O) groups is 2. The smallest absolute Gasteiger partial charge is 0.355 e. The molecular formula is C20H19N3O4. The first-order chi connectivity index (χ1) is 13.2. The maximum atomic E-state index is 12.5. The molecule has 1 aromatic heterocycles. The van der Waals surface area contributed by atoms with Gasteiger partial charge in [0, 0.05) is 18.6 Å². The monoisotopic (exact) mass is 365 g/mol. The molecule has 2 heterocycles. The van der Waals surface area contributed by atoms with Crippen molar-refractivity contribution < 1.29 is 19.1 Å². The van der Waals surface area contributed by atoms with Crippen LogP contribution in [0.1, 0.15) is 5.56 Å².